The smallest absolute Gasteiger partial charge is 0.306 e. The fourth-order valence-electron chi connectivity index (χ4n) is 1.30. The molecule has 0 amide bonds. The van der Waals surface area contributed by atoms with E-state index in [1.165, 1.54) is 13.8 Å². The van der Waals surface area contributed by atoms with Crippen molar-refractivity contribution < 1.29 is 22.0 Å². The third-order valence-electron chi connectivity index (χ3n) is 2.04. The lowest BCUT2D eigenvalue weighted by atomic mass is 10.2. The minimum Gasteiger partial charge on any atom is -0.306 e. The van der Waals surface area contributed by atoms with Gasteiger partial charge in [-0.15, -0.1) is 10.2 Å². The molecule has 0 atom stereocenters. The Morgan fingerprint density at radius 3 is 2.06 bits per heavy atom. The summed E-state index contributed by atoms with van der Waals surface area (Å²) >= 11 is 2.96. The van der Waals surface area contributed by atoms with Crippen LogP contribution in [0, 0.1) is 0 Å². The summed E-state index contributed by atoms with van der Waals surface area (Å²) in [6.45, 7) is 2.96. The highest BCUT2D eigenvalue weighted by Gasteiger charge is 2.62. The number of hydrogen-bond acceptors (Lipinski definition) is 2. The molecule has 0 bridgehead atoms. The lowest BCUT2D eigenvalue weighted by molar-refractivity contribution is -0.293. The molecule has 0 spiro atoms. The molecular weight excluding hydrogens is 313 g/mol. The van der Waals surface area contributed by atoms with E-state index in [2.05, 4.69) is 26.1 Å². The zero-order chi connectivity index (χ0) is 13.4. The maximum Gasteiger partial charge on any atom is 0.461 e. The highest BCUT2D eigenvalue weighted by molar-refractivity contribution is 9.08. The molecule has 0 fully saturated rings. The molecule has 9 heteroatoms. The van der Waals surface area contributed by atoms with Crippen molar-refractivity contribution in [2.45, 2.75) is 37.3 Å². The van der Waals surface area contributed by atoms with E-state index in [9.17, 15) is 22.0 Å². The molecule has 1 rings (SSSR count). The fraction of sp³-hybridized carbons (Fsp3) is 0.750. The largest absolute Gasteiger partial charge is 0.461 e. The van der Waals surface area contributed by atoms with Crippen LogP contribution in [0.25, 0.3) is 0 Å². The zero-order valence-electron chi connectivity index (χ0n) is 8.89. The minimum atomic E-state index is -5.68. The molecule has 0 saturated heterocycles. The van der Waals surface area contributed by atoms with Crippen LogP contribution in [-0.4, -0.2) is 20.9 Å². The maximum absolute atomic E-state index is 13.2. The molecule has 0 radical (unpaired) electrons. The van der Waals surface area contributed by atoms with Crippen molar-refractivity contribution in [1.29, 1.82) is 0 Å². The van der Waals surface area contributed by atoms with Crippen LogP contribution in [0.1, 0.15) is 31.5 Å². The number of hydrogen-bond donors (Lipinski definition) is 0. The standard InChI is InChI=1S/C8H9BrF5N3/c1-4(2)17-5(3-9)15-16-6(17)7(10,11)8(12,13)14/h4H,3H2,1-2H3. The Morgan fingerprint density at radius 1 is 1.18 bits per heavy atom. The van der Waals surface area contributed by atoms with Crippen molar-refractivity contribution >= 4 is 15.9 Å². The van der Waals surface area contributed by atoms with Crippen molar-refractivity contribution in [3.05, 3.63) is 11.6 Å². The monoisotopic (exact) mass is 321 g/mol. The number of rotatable bonds is 3. The fourth-order valence-corrected chi connectivity index (χ4v) is 1.68. The van der Waals surface area contributed by atoms with Crippen LogP contribution < -0.4 is 0 Å². The number of aromatic nitrogens is 3. The second-order valence-electron chi connectivity index (χ2n) is 3.61. The van der Waals surface area contributed by atoms with Crippen molar-refractivity contribution in [2.24, 2.45) is 0 Å². The minimum absolute atomic E-state index is 0.0268. The van der Waals surface area contributed by atoms with Gasteiger partial charge in [-0.3, -0.25) is 0 Å². The first-order chi connectivity index (χ1) is 7.63. The Bertz CT molecular complexity index is 398. The highest BCUT2D eigenvalue weighted by Crippen LogP contribution is 2.43. The van der Waals surface area contributed by atoms with Gasteiger partial charge in [0, 0.05) is 6.04 Å². The lowest BCUT2D eigenvalue weighted by Gasteiger charge is -2.21. The van der Waals surface area contributed by atoms with Crippen LogP contribution >= 0.6 is 15.9 Å². The van der Waals surface area contributed by atoms with Gasteiger partial charge in [-0.1, -0.05) is 15.9 Å². The average Bonchev–Trinajstić information content (AvgIpc) is 2.59. The van der Waals surface area contributed by atoms with E-state index in [1.54, 1.807) is 0 Å². The second kappa shape index (κ2) is 4.51. The van der Waals surface area contributed by atoms with Crippen LogP contribution in [0.5, 0.6) is 0 Å². The van der Waals surface area contributed by atoms with Crippen LogP contribution in [0.3, 0.4) is 0 Å². The van der Waals surface area contributed by atoms with Gasteiger partial charge in [0.1, 0.15) is 5.82 Å². The van der Waals surface area contributed by atoms with Gasteiger partial charge in [-0.25, -0.2) is 0 Å². The third kappa shape index (κ3) is 2.43. The molecule has 17 heavy (non-hydrogen) atoms. The summed E-state index contributed by atoms with van der Waals surface area (Å²) in [5, 5.41) is 6.33. The quantitative estimate of drug-likeness (QED) is 0.631. The molecule has 1 heterocycles. The summed E-state index contributed by atoms with van der Waals surface area (Å²) < 4.78 is 63.8. The number of nitrogens with zero attached hydrogens (tertiary/aromatic N) is 3. The molecule has 0 N–H and O–H groups in total. The molecule has 0 aliphatic rings. The number of alkyl halides is 6. The Kier molecular flexibility index (Phi) is 3.80. The maximum atomic E-state index is 13.2. The van der Waals surface area contributed by atoms with Crippen molar-refractivity contribution in [2.75, 3.05) is 0 Å². The van der Waals surface area contributed by atoms with Crippen LogP contribution in [0.4, 0.5) is 22.0 Å². The van der Waals surface area contributed by atoms with E-state index >= 15 is 0 Å². The predicted molar refractivity (Wildman–Crippen MR) is 53.0 cm³/mol. The van der Waals surface area contributed by atoms with Crippen molar-refractivity contribution in [3.8, 4) is 0 Å². The van der Waals surface area contributed by atoms with Gasteiger partial charge in [0.05, 0.1) is 5.33 Å². The molecule has 1 aromatic rings. The molecule has 0 unspecified atom stereocenters. The normalized spacial score (nSPS) is 13.5. The summed E-state index contributed by atoms with van der Waals surface area (Å²) in [5.41, 5.74) is 0. The zero-order valence-corrected chi connectivity index (χ0v) is 10.5. The summed E-state index contributed by atoms with van der Waals surface area (Å²) in [6, 6.07) is -0.597. The third-order valence-corrected chi connectivity index (χ3v) is 2.54. The van der Waals surface area contributed by atoms with E-state index in [0.717, 1.165) is 4.57 Å². The molecule has 3 nitrogen and oxygen atoms in total. The average molecular weight is 322 g/mol. The van der Waals surface area contributed by atoms with Gasteiger partial charge in [-0.2, -0.15) is 22.0 Å². The Labute approximate surface area is 102 Å². The van der Waals surface area contributed by atoms with Crippen LogP contribution in [0.2, 0.25) is 0 Å². The molecule has 0 saturated carbocycles. The van der Waals surface area contributed by atoms with Gasteiger partial charge in [0.2, 0.25) is 5.82 Å². The van der Waals surface area contributed by atoms with Gasteiger partial charge in [0.15, 0.2) is 0 Å². The van der Waals surface area contributed by atoms with Gasteiger partial charge >= 0.3 is 12.1 Å². The molecule has 98 valence electrons. The summed E-state index contributed by atoms with van der Waals surface area (Å²) in [5.74, 6) is -6.36. The molecule has 0 aliphatic heterocycles. The van der Waals surface area contributed by atoms with Crippen LogP contribution in [-0.2, 0) is 11.3 Å². The molecule has 1 aromatic heterocycles. The van der Waals surface area contributed by atoms with Crippen molar-refractivity contribution in [1.82, 2.24) is 14.8 Å². The van der Waals surface area contributed by atoms with E-state index in [4.69, 9.17) is 0 Å². The number of halogens is 6. The van der Waals surface area contributed by atoms with E-state index < -0.39 is 24.0 Å². The second-order valence-corrected chi connectivity index (χ2v) is 4.17. The van der Waals surface area contributed by atoms with Gasteiger partial charge < -0.3 is 4.57 Å². The predicted octanol–water partition coefficient (Wildman–Crippen LogP) is 3.41. The van der Waals surface area contributed by atoms with E-state index in [0.29, 0.717) is 0 Å². The SMILES string of the molecule is CC(C)n1c(CBr)nnc1C(F)(F)C(F)(F)F. The van der Waals surface area contributed by atoms with Gasteiger partial charge in [-0.05, 0) is 13.8 Å². The lowest BCUT2D eigenvalue weighted by Crippen LogP contribution is -2.37. The molecule has 0 aromatic carbocycles. The Balaban J connectivity index is 3.37. The highest BCUT2D eigenvalue weighted by atomic mass is 79.9. The first-order valence-corrected chi connectivity index (χ1v) is 5.69. The summed E-state index contributed by atoms with van der Waals surface area (Å²) in [4.78, 5) is 0. The topological polar surface area (TPSA) is 30.7 Å². The summed E-state index contributed by atoms with van der Waals surface area (Å²) in [6.07, 6.45) is -5.68. The van der Waals surface area contributed by atoms with Crippen molar-refractivity contribution in [3.63, 3.8) is 0 Å². The molecular formula is C8H9BrF5N3. The van der Waals surface area contributed by atoms with Gasteiger partial charge in [0.25, 0.3) is 0 Å². The molecule has 0 aliphatic carbocycles. The van der Waals surface area contributed by atoms with Crippen LogP contribution in [0.15, 0.2) is 0 Å². The first-order valence-electron chi connectivity index (χ1n) is 4.57. The Morgan fingerprint density at radius 2 is 1.71 bits per heavy atom. The first kappa shape index (κ1) is 14.3. The van der Waals surface area contributed by atoms with E-state index in [-0.39, 0.29) is 11.2 Å². The summed E-state index contributed by atoms with van der Waals surface area (Å²) in [7, 11) is 0. The Hall–Kier alpha value is -0.730. The van der Waals surface area contributed by atoms with E-state index in [1.807, 2.05) is 0 Å².